The molecule has 0 aromatic carbocycles. The lowest BCUT2D eigenvalue weighted by Gasteiger charge is -2.14. The van der Waals surface area contributed by atoms with Gasteiger partial charge in [0.25, 0.3) is 0 Å². The molecule has 0 amide bonds. The summed E-state index contributed by atoms with van der Waals surface area (Å²) in [6.07, 6.45) is 4.78. The van der Waals surface area contributed by atoms with Gasteiger partial charge in [0.1, 0.15) is 5.82 Å². The zero-order chi connectivity index (χ0) is 13.7. The second-order valence-corrected chi connectivity index (χ2v) is 5.22. The van der Waals surface area contributed by atoms with Gasteiger partial charge in [0, 0.05) is 26.1 Å². The Bertz CT molecular complexity index is 440. The number of hydrogen-bond acceptors (Lipinski definition) is 3. The van der Waals surface area contributed by atoms with Gasteiger partial charge in [-0.05, 0) is 26.7 Å². The van der Waals surface area contributed by atoms with E-state index in [0.717, 1.165) is 30.6 Å². The maximum atomic E-state index is 4.29. The van der Waals surface area contributed by atoms with Crippen LogP contribution in [-0.2, 0) is 19.5 Å². The fourth-order valence-corrected chi connectivity index (χ4v) is 2.31. The quantitative estimate of drug-likeness (QED) is 0.467. The first-order valence-corrected chi connectivity index (χ1v) is 7.09. The summed E-state index contributed by atoms with van der Waals surface area (Å²) in [6, 6.07) is 0.363. The first-order chi connectivity index (χ1) is 9.20. The zero-order valence-electron chi connectivity index (χ0n) is 12.5. The third-order valence-electron chi connectivity index (χ3n) is 3.25. The van der Waals surface area contributed by atoms with E-state index in [4.69, 9.17) is 0 Å². The average molecular weight is 392 g/mol. The van der Waals surface area contributed by atoms with E-state index in [2.05, 4.69) is 44.2 Å². The van der Waals surface area contributed by atoms with E-state index in [1.165, 1.54) is 19.3 Å². The van der Waals surface area contributed by atoms with Gasteiger partial charge in [-0.15, -0.1) is 34.2 Å². The van der Waals surface area contributed by atoms with Crippen LogP contribution in [0.3, 0.4) is 0 Å². The molecule has 114 valence electrons. The van der Waals surface area contributed by atoms with Crippen molar-refractivity contribution in [2.45, 2.75) is 58.7 Å². The Kier molecular flexibility index (Phi) is 7.25. The second-order valence-electron chi connectivity index (χ2n) is 5.22. The summed E-state index contributed by atoms with van der Waals surface area (Å²) in [6.45, 7) is 5.89. The van der Waals surface area contributed by atoms with Crippen LogP contribution in [0, 0.1) is 0 Å². The summed E-state index contributed by atoms with van der Waals surface area (Å²) in [5.74, 6) is 2.94. The summed E-state index contributed by atoms with van der Waals surface area (Å²) in [7, 11) is 1.78. The van der Waals surface area contributed by atoms with Gasteiger partial charge in [-0.1, -0.05) is 6.42 Å². The lowest BCUT2D eigenvalue weighted by atomic mass is 10.2. The van der Waals surface area contributed by atoms with E-state index >= 15 is 0 Å². The molecule has 1 aliphatic rings. The maximum absolute atomic E-state index is 4.29. The Hall–Kier alpha value is -0.860. The summed E-state index contributed by atoms with van der Waals surface area (Å²) in [5.41, 5.74) is 0. The van der Waals surface area contributed by atoms with Crippen LogP contribution in [0.2, 0.25) is 0 Å². The van der Waals surface area contributed by atoms with Crippen molar-refractivity contribution in [2.75, 3.05) is 7.05 Å². The number of aliphatic imine (C=N–C) groups is 1. The molecule has 2 N–H and O–H groups in total. The van der Waals surface area contributed by atoms with Crippen LogP contribution < -0.4 is 10.6 Å². The molecule has 0 bridgehead atoms. The van der Waals surface area contributed by atoms with E-state index in [9.17, 15) is 0 Å². The molecule has 2 heterocycles. The highest BCUT2D eigenvalue weighted by Crippen LogP contribution is 2.14. The number of aryl methyl sites for hydroxylation is 1. The van der Waals surface area contributed by atoms with Crippen molar-refractivity contribution < 1.29 is 0 Å². The molecule has 0 saturated heterocycles. The molecule has 0 fully saturated rings. The van der Waals surface area contributed by atoms with Crippen molar-refractivity contribution in [2.24, 2.45) is 4.99 Å². The number of nitrogens with zero attached hydrogens (tertiary/aromatic N) is 4. The molecule has 0 saturated carbocycles. The number of halogens is 1. The van der Waals surface area contributed by atoms with Crippen molar-refractivity contribution in [1.82, 2.24) is 25.4 Å². The third-order valence-corrected chi connectivity index (χ3v) is 3.25. The van der Waals surface area contributed by atoms with Crippen molar-refractivity contribution in [3.05, 3.63) is 11.6 Å². The molecule has 0 atom stereocenters. The van der Waals surface area contributed by atoms with Gasteiger partial charge in [-0.25, -0.2) is 0 Å². The van der Waals surface area contributed by atoms with Gasteiger partial charge in [0.15, 0.2) is 11.8 Å². The van der Waals surface area contributed by atoms with Crippen LogP contribution in [0.1, 0.15) is 44.8 Å². The van der Waals surface area contributed by atoms with Gasteiger partial charge >= 0.3 is 0 Å². The highest BCUT2D eigenvalue weighted by molar-refractivity contribution is 14.0. The molecule has 0 unspecified atom stereocenters. The van der Waals surface area contributed by atoms with E-state index in [1.807, 2.05) is 0 Å². The minimum atomic E-state index is 0. The lowest BCUT2D eigenvalue weighted by Crippen LogP contribution is -2.41. The summed E-state index contributed by atoms with van der Waals surface area (Å²) >= 11 is 0. The van der Waals surface area contributed by atoms with Crippen molar-refractivity contribution in [3.8, 4) is 0 Å². The van der Waals surface area contributed by atoms with E-state index in [0.29, 0.717) is 12.6 Å². The summed E-state index contributed by atoms with van der Waals surface area (Å²) < 4.78 is 2.25. The Morgan fingerprint density at radius 3 is 2.80 bits per heavy atom. The Balaban J connectivity index is 0.00000200. The minimum Gasteiger partial charge on any atom is -0.354 e. The summed E-state index contributed by atoms with van der Waals surface area (Å²) in [4.78, 5) is 4.20. The van der Waals surface area contributed by atoms with Crippen molar-refractivity contribution in [3.63, 3.8) is 0 Å². The Morgan fingerprint density at radius 1 is 1.30 bits per heavy atom. The number of fused-ring (bicyclic) bond motifs is 1. The molecule has 0 spiro atoms. The molecule has 2 rings (SSSR count). The van der Waals surface area contributed by atoms with Gasteiger partial charge < -0.3 is 15.2 Å². The highest BCUT2D eigenvalue weighted by atomic mass is 127. The fourth-order valence-electron chi connectivity index (χ4n) is 2.31. The predicted octanol–water partition coefficient (Wildman–Crippen LogP) is 1.70. The molecule has 0 radical (unpaired) electrons. The largest absolute Gasteiger partial charge is 0.354 e. The van der Waals surface area contributed by atoms with E-state index in [1.54, 1.807) is 7.05 Å². The maximum Gasteiger partial charge on any atom is 0.191 e. The van der Waals surface area contributed by atoms with E-state index < -0.39 is 0 Å². The molecule has 0 aliphatic carbocycles. The number of hydrogen-bond donors (Lipinski definition) is 2. The highest BCUT2D eigenvalue weighted by Gasteiger charge is 2.14. The van der Waals surface area contributed by atoms with E-state index in [-0.39, 0.29) is 24.0 Å². The molecular weight excluding hydrogens is 367 g/mol. The number of guanidine groups is 1. The fraction of sp³-hybridized carbons (Fsp3) is 0.769. The average Bonchev–Trinajstić information content (AvgIpc) is 2.61. The first-order valence-electron chi connectivity index (χ1n) is 7.09. The Labute approximate surface area is 137 Å². The topological polar surface area (TPSA) is 67.1 Å². The van der Waals surface area contributed by atoms with Crippen LogP contribution in [0.25, 0.3) is 0 Å². The zero-order valence-corrected chi connectivity index (χ0v) is 14.8. The number of nitrogens with one attached hydrogen (secondary N) is 2. The van der Waals surface area contributed by atoms with Crippen LogP contribution in [-0.4, -0.2) is 33.8 Å². The molecule has 20 heavy (non-hydrogen) atoms. The Morgan fingerprint density at radius 2 is 2.10 bits per heavy atom. The first kappa shape index (κ1) is 17.2. The lowest BCUT2D eigenvalue weighted by molar-refractivity contribution is 0.594. The minimum absolute atomic E-state index is 0. The standard InChI is InChI=1S/C13H24N6.HI/c1-10(2)16-13(14-3)15-9-12-18-17-11-7-5-4-6-8-19(11)12;/h10H,4-9H2,1-3H3,(H2,14,15,16);1H. The second kappa shape index (κ2) is 8.43. The third kappa shape index (κ3) is 4.60. The van der Waals surface area contributed by atoms with Crippen molar-refractivity contribution in [1.29, 1.82) is 0 Å². The number of aromatic nitrogens is 3. The molecule has 1 aromatic rings. The molecule has 1 aromatic heterocycles. The predicted molar refractivity (Wildman–Crippen MR) is 91.5 cm³/mol. The van der Waals surface area contributed by atoms with Gasteiger partial charge in [0.05, 0.1) is 6.54 Å². The normalized spacial score (nSPS) is 15.3. The SMILES string of the molecule is CN=C(NCc1nnc2n1CCCCC2)NC(C)C.I. The number of rotatable bonds is 3. The molecule has 7 heteroatoms. The molecular formula is C13H25IN6. The van der Waals surface area contributed by atoms with Crippen LogP contribution >= 0.6 is 24.0 Å². The van der Waals surface area contributed by atoms with Crippen LogP contribution in [0.4, 0.5) is 0 Å². The van der Waals surface area contributed by atoms with Crippen molar-refractivity contribution >= 4 is 29.9 Å². The van der Waals surface area contributed by atoms with Gasteiger partial charge in [-0.3, -0.25) is 4.99 Å². The molecule has 6 nitrogen and oxygen atoms in total. The van der Waals surface area contributed by atoms with Gasteiger partial charge in [0.2, 0.25) is 0 Å². The van der Waals surface area contributed by atoms with Crippen LogP contribution in [0.15, 0.2) is 4.99 Å². The van der Waals surface area contributed by atoms with Gasteiger partial charge in [-0.2, -0.15) is 0 Å². The summed E-state index contributed by atoms with van der Waals surface area (Å²) in [5, 5.41) is 15.1. The van der Waals surface area contributed by atoms with Crippen LogP contribution in [0.5, 0.6) is 0 Å². The smallest absolute Gasteiger partial charge is 0.191 e. The monoisotopic (exact) mass is 392 g/mol. The molecule has 1 aliphatic heterocycles.